The number of benzene rings is 2. The zero-order valence-corrected chi connectivity index (χ0v) is 16.7. The lowest BCUT2D eigenvalue weighted by Gasteiger charge is -2.16. The topological polar surface area (TPSA) is 56.9 Å². The Morgan fingerprint density at radius 2 is 1.93 bits per heavy atom. The molecule has 0 saturated carbocycles. The summed E-state index contributed by atoms with van der Waals surface area (Å²) in [4.78, 5) is 14.2. The Labute approximate surface area is 173 Å². The molecule has 2 aromatic carbocycles. The Balaban J connectivity index is 1.92. The summed E-state index contributed by atoms with van der Waals surface area (Å²) in [6, 6.07) is 9.84. The normalized spacial score (nSPS) is 12.1. The van der Waals surface area contributed by atoms with Crippen molar-refractivity contribution >= 4 is 17.2 Å². The summed E-state index contributed by atoms with van der Waals surface area (Å²) in [6.07, 6.45) is 2.28. The Morgan fingerprint density at radius 1 is 1.20 bits per heavy atom. The van der Waals surface area contributed by atoms with Crippen molar-refractivity contribution in [1.82, 2.24) is 15.6 Å². The molecule has 1 aromatic heterocycles. The van der Waals surface area contributed by atoms with Gasteiger partial charge in [0.1, 0.15) is 6.29 Å². The number of hydrogen-bond acceptors (Lipinski definition) is 3. The van der Waals surface area contributed by atoms with E-state index in [9.17, 15) is 18.0 Å². The predicted molar refractivity (Wildman–Crippen MR) is 113 cm³/mol. The number of aryl methyl sites for hydroxylation is 1. The number of rotatable bonds is 10. The number of aromatic amines is 1. The Morgan fingerprint density at radius 3 is 2.60 bits per heavy atom. The predicted octanol–water partition coefficient (Wildman–Crippen LogP) is 4.47. The van der Waals surface area contributed by atoms with Gasteiger partial charge in [0, 0.05) is 16.8 Å². The zero-order valence-electron chi connectivity index (χ0n) is 16.7. The van der Waals surface area contributed by atoms with Crippen molar-refractivity contribution < 1.29 is 18.0 Å². The minimum atomic E-state index is -1.50. The Kier molecular flexibility index (Phi) is 6.95. The maximum absolute atomic E-state index is 14.4. The number of allylic oxidation sites excluding steroid dienone is 1. The van der Waals surface area contributed by atoms with E-state index < -0.39 is 17.5 Å². The van der Waals surface area contributed by atoms with Crippen LogP contribution in [0.3, 0.4) is 0 Å². The number of halogens is 3. The maximum Gasteiger partial charge on any atom is 0.196 e. The van der Waals surface area contributed by atoms with Gasteiger partial charge in [0.2, 0.25) is 0 Å². The highest BCUT2D eigenvalue weighted by Crippen LogP contribution is 2.34. The smallest absolute Gasteiger partial charge is 0.196 e. The molecule has 3 rings (SSSR count). The standard InChI is InChI=1S/C23H24F3N3O/c1-14(28-16(13-30)10-11-27-2)8-9-17-18-12-19(24)20(25)21(26)23(18)29-22(17)15-6-4-3-5-7-15/h3-7,12-13,16,27-29H,1,8-11H2,2H3. The summed E-state index contributed by atoms with van der Waals surface area (Å²) in [5.74, 6) is -3.97. The quantitative estimate of drug-likeness (QED) is 0.338. The van der Waals surface area contributed by atoms with Crippen molar-refractivity contribution in [3.05, 3.63) is 71.7 Å². The number of carbonyl (C=O) groups excluding carboxylic acids is 1. The second-order valence-electron chi connectivity index (χ2n) is 7.14. The van der Waals surface area contributed by atoms with Crippen LogP contribution in [0.1, 0.15) is 18.4 Å². The summed E-state index contributed by atoms with van der Waals surface area (Å²) >= 11 is 0. The van der Waals surface area contributed by atoms with Gasteiger partial charge < -0.3 is 20.4 Å². The van der Waals surface area contributed by atoms with E-state index >= 15 is 0 Å². The highest BCUT2D eigenvalue weighted by atomic mass is 19.2. The highest BCUT2D eigenvalue weighted by Gasteiger charge is 2.21. The van der Waals surface area contributed by atoms with E-state index in [4.69, 9.17) is 0 Å². The van der Waals surface area contributed by atoms with Crippen LogP contribution in [0, 0.1) is 17.5 Å². The van der Waals surface area contributed by atoms with Crippen molar-refractivity contribution in [2.45, 2.75) is 25.3 Å². The van der Waals surface area contributed by atoms with Crippen molar-refractivity contribution in [2.24, 2.45) is 0 Å². The zero-order chi connectivity index (χ0) is 21.7. The van der Waals surface area contributed by atoms with Crippen LogP contribution >= 0.6 is 0 Å². The SMILES string of the molecule is C=C(CCc1c(-c2ccccc2)[nH]c2c(F)c(F)c(F)cc12)NC(C=O)CCNC. The Hall–Kier alpha value is -3.06. The summed E-state index contributed by atoms with van der Waals surface area (Å²) in [5, 5.41) is 6.36. The molecule has 0 fully saturated rings. The van der Waals surface area contributed by atoms with E-state index in [1.165, 1.54) is 0 Å². The Bertz CT molecular complexity index is 1050. The number of aromatic nitrogens is 1. The molecule has 0 saturated heterocycles. The summed E-state index contributed by atoms with van der Waals surface area (Å²) in [6.45, 7) is 4.65. The van der Waals surface area contributed by atoms with Crippen molar-refractivity contribution in [3.8, 4) is 11.3 Å². The lowest BCUT2D eigenvalue weighted by Crippen LogP contribution is -2.32. The average Bonchev–Trinajstić information content (AvgIpc) is 3.12. The molecule has 3 N–H and O–H groups in total. The first kappa shape index (κ1) is 21.6. The molecular weight excluding hydrogens is 391 g/mol. The summed E-state index contributed by atoms with van der Waals surface area (Å²) in [5.41, 5.74) is 2.61. The summed E-state index contributed by atoms with van der Waals surface area (Å²) < 4.78 is 42.1. The number of carbonyl (C=O) groups is 1. The molecule has 1 heterocycles. The molecule has 0 bridgehead atoms. The van der Waals surface area contributed by atoms with Crippen LogP contribution in [0.15, 0.2) is 48.7 Å². The van der Waals surface area contributed by atoms with E-state index in [0.29, 0.717) is 48.1 Å². The van der Waals surface area contributed by atoms with Crippen molar-refractivity contribution in [3.63, 3.8) is 0 Å². The van der Waals surface area contributed by atoms with Crippen molar-refractivity contribution in [2.75, 3.05) is 13.6 Å². The number of H-pyrrole nitrogens is 1. The largest absolute Gasteiger partial charge is 0.379 e. The van der Waals surface area contributed by atoms with Crippen molar-refractivity contribution in [1.29, 1.82) is 0 Å². The molecule has 4 nitrogen and oxygen atoms in total. The lowest BCUT2D eigenvalue weighted by molar-refractivity contribution is -0.109. The van der Waals surface area contributed by atoms with Gasteiger partial charge in [-0.3, -0.25) is 0 Å². The maximum atomic E-state index is 14.4. The van der Waals surface area contributed by atoms with Crippen LogP contribution in [0.5, 0.6) is 0 Å². The number of nitrogens with one attached hydrogen (secondary N) is 3. The van der Waals surface area contributed by atoms with Gasteiger partial charge in [-0.1, -0.05) is 36.9 Å². The molecule has 1 atom stereocenters. The van der Waals surface area contributed by atoms with Gasteiger partial charge in [-0.15, -0.1) is 0 Å². The number of aldehydes is 1. The third-order valence-electron chi connectivity index (χ3n) is 5.04. The molecule has 0 aliphatic heterocycles. The fourth-order valence-corrected chi connectivity index (χ4v) is 3.49. The minimum Gasteiger partial charge on any atom is -0.379 e. The first-order valence-electron chi connectivity index (χ1n) is 9.74. The second kappa shape index (κ2) is 9.63. The lowest BCUT2D eigenvalue weighted by atomic mass is 10.00. The van der Waals surface area contributed by atoms with E-state index in [1.54, 1.807) is 7.05 Å². The first-order chi connectivity index (χ1) is 14.5. The fraction of sp³-hybridized carbons (Fsp3) is 0.261. The molecule has 0 radical (unpaired) electrons. The van der Waals surface area contributed by atoms with Gasteiger partial charge in [0.25, 0.3) is 0 Å². The van der Waals surface area contributed by atoms with Gasteiger partial charge >= 0.3 is 0 Å². The van der Waals surface area contributed by atoms with Crippen LogP contribution in [0.4, 0.5) is 13.2 Å². The third kappa shape index (κ3) is 4.57. The first-order valence-corrected chi connectivity index (χ1v) is 9.74. The molecule has 0 spiro atoms. The van der Waals surface area contributed by atoms with Crippen LogP contribution < -0.4 is 10.6 Å². The summed E-state index contributed by atoms with van der Waals surface area (Å²) in [7, 11) is 1.81. The van der Waals surface area contributed by atoms with Gasteiger partial charge in [-0.2, -0.15) is 0 Å². The number of hydrogen-bond donors (Lipinski definition) is 3. The highest BCUT2D eigenvalue weighted by molar-refractivity contribution is 5.91. The molecule has 0 amide bonds. The molecule has 7 heteroatoms. The minimum absolute atomic E-state index is 0.0684. The molecule has 0 aliphatic carbocycles. The molecular formula is C23H24F3N3O. The van der Waals surface area contributed by atoms with E-state index in [0.717, 1.165) is 17.9 Å². The van der Waals surface area contributed by atoms with E-state index in [-0.39, 0.29) is 11.6 Å². The molecule has 0 aliphatic rings. The molecule has 30 heavy (non-hydrogen) atoms. The van der Waals surface area contributed by atoms with Crippen LogP contribution in [0.25, 0.3) is 22.2 Å². The van der Waals surface area contributed by atoms with Crippen LogP contribution in [0.2, 0.25) is 0 Å². The van der Waals surface area contributed by atoms with Gasteiger partial charge in [-0.25, -0.2) is 13.2 Å². The number of fused-ring (bicyclic) bond motifs is 1. The fourth-order valence-electron chi connectivity index (χ4n) is 3.49. The van der Waals surface area contributed by atoms with Crippen LogP contribution in [-0.2, 0) is 11.2 Å². The molecule has 3 aromatic rings. The molecule has 1 unspecified atom stereocenters. The van der Waals surface area contributed by atoms with Gasteiger partial charge in [0.05, 0.1) is 11.6 Å². The third-order valence-corrected chi connectivity index (χ3v) is 5.04. The van der Waals surface area contributed by atoms with Gasteiger partial charge in [-0.05, 0) is 50.0 Å². The monoisotopic (exact) mass is 415 g/mol. The van der Waals surface area contributed by atoms with E-state index in [1.807, 2.05) is 30.3 Å². The second-order valence-corrected chi connectivity index (χ2v) is 7.14. The average molecular weight is 415 g/mol. The molecule has 158 valence electrons. The van der Waals surface area contributed by atoms with Gasteiger partial charge in [0.15, 0.2) is 17.5 Å². The van der Waals surface area contributed by atoms with E-state index in [2.05, 4.69) is 22.2 Å². The van der Waals surface area contributed by atoms with Crippen LogP contribution in [-0.4, -0.2) is 30.9 Å².